The number of halogens is 1. The summed E-state index contributed by atoms with van der Waals surface area (Å²) < 4.78 is 5.05. The standard InChI is InChI=1S/C15H11ClN2O6/c16-14-12(17(20)21)8-10(9-13(14)18(22)23)6-7-24-15(19)11-4-2-1-3-5-11/h1-5,8-9H,6-7H2. The molecule has 0 aliphatic heterocycles. The molecule has 0 heterocycles. The normalized spacial score (nSPS) is 10.2. The van der Waals surface area contributed by atoms with Gasteiger partial charge in [-0.3, -0.25) is 20.2 Å². The molecule has 24 heavy (non-hydrogen) atoms. The van der Waals surface area contributed by atoms with Gasteiger partial charge in [0.05, 0.1) is 22.0 Å². The molecule has 0 radical (unpaired) electrons. The Bertz CT molecular complexity index is 759. The molecule has 0 N–H and O–H groups in total. The summed E-state index contributed by atoms with van der Waals surface area (Å²) in [6, 6.07) is 10.5. The minimum Gasteiger partial charge on any atom is -0.462 e. The molecule has 0 fully saturated rings. The van der Waals surface area contributed by atoms with E-state index in [1.807, 2.05) is 0 Å². The summed E-state index contributed by atoms with van der Waals surface area (Å²) in [4.78, 5) is 32.0. The highest BCUT2D eigenvalue weighted by atomic mass is 35.5. The van der Waals surface area contributed by atoms with Crippen molar-refractivity contribution in [1.82, 2.24) is 0 Å². The summed E-state index contributed by atoms with van der Waals surface area (Å²) in [5, 5.41) is 21.3. The van der Waals surface area contributed by atoms with E-state index in [4.69, 9.17) is 16.3 Å². The summed E-state index contributed by atoms with van der Waals surface area (Å²) in [5.41, 5.74) is -0.477. The third-order valence-electron chi connectivity index (χ3n) is 3.12. The van der Waals surface area contributed by atoms with Crippen molar-refractivity contribution in [3.63, 3.8) is 0 Å². The number of hydrogen-bond acceptors (Lipinski definition) is 6. The summed E-state index contributed by atoms with van der Waals surface area (Å²) in [5.74, 6) is -0.548. The van der Waals surface area contributed by atoms with Crippen molar-refractivity contribution in [3.05, 3.63) is 78.8 Å². The second kappa shape index (κ2) is 7.51. The van der Waals surface area contributed by atoms with E-state index in [1.165, 1.54) is 0 Å². The lowest BCUT2D eigenvalue weighted by Gasteiger charge is -2.06. The molecule has 8 nitrogen and oxygen atoms in total. The smallest absolute Gasteiger partial charge is 0.338 e. The highest BCUT2D eigenvalue weighted by Crippen LogP contribution is 2.35. The van der Waals surface area contributed by atoms with Crippen LogP contribution in [0.5, 0.6) is 0 Å². The van der Waals surface area contributed by atoms with Crippen LogP contribution in [0.4, 0.5) is 11.4 Å². The van der Waals surface area contributed by atoms with Crippen molar-refractivity contribution in [2.24, 2.45) is 0 Å². The van der Waals surface area contributed by atoms with Gasteiger partial charge in [-0.05, 0) is 17.7 Å². The molecule has 0 aromatic heterocycles. The minimum atomic E-state index is -0.797. The molecule has 2 aromatic rings. The number of nitrogens with zero attached hydrogens (tertiary/aromatic N) is 2. The van der Waals surface area contributed by atoms with Crippen LogP contribution in [0.25, 0.3) is 0 Å². The van der Waals surface area contributed by atoms with Crippen LogP contribution in [0.2, 0.25) is 5.02 Å². The predicted octanol–water partition coefficient (Wildman–Crippen LogP) is 3.56. The molecule has 0 unspecified atom stereocenters. The molecule has 124 valence electrons. The largest absolute Gasteiger partial charge is 0.462 e. The molecule has 9 heteroatoms. The van der Waals surface area contributed by atoms with Gasteiger partial charge < -0.3 is 4.74 Å². The second-order valence-corrected chi connectivity index (χ2v) is 5.09. The molecular weight excluding hydrogens is 340 g/mol. The van der Waals surface area contributed by atoms with Gasteiger partial charge in [0.15, 0.2) is 5.02 Å². The summed E-state index contributed by atoms with van der Waals surface area (Å²) in [6.07, 6.45) is 0.0808. The van der Waals surface area contributed by atoms with Crippen molar-refractivity contribution in [2.45, 2.75) is 6.42 Å². The van der Waals surface area contributed by atoms with Gasteiger partial charge in [-0.2, -0.15) is 0 Å². The number of benzene rings is 2. The Labute approximate surface area is 140 Å². The van der Waals surface area contributed by atoms with Gasteiger partial charge in [0.25, 0.3) is 11.4 Å². The lowest BCUT2D eigenvalue weighted by atomic mass is 10.1. The molecule has 0 bridgehead atoms. The van der Waals surface area contributed by atoms with Crippen LogP contribution in [0.15, 0.2) is 42.5 Å². The fraction of sp³-hybridized carbons (Fsp3) is 0.133. The Balaban J connectivity index is 2.11. The Morgan fingerprint density at radius 3 is 2.08 bits per heavy atom. The number of esters is 1. The monoisotopic (exact) mass is 350 g/mol. The first kappa shape index (κ1) is 17.4. The zero-order valence-corrected chi connectivity index (χ0v) is 12.9. The van der Waals surface area contributed by atoms with Crippen LogP contribution >= 0.6 is 11.6 Å². The van der Waals surface area contributed by atoms with Gasteiger partial charge in [-0.15, -0.1) is 0 Å². The molecular formula is C15H11ClN2O6. The summed E-state index contributed by atoms with van der Waals surface area (Å²) in [7, 11) is 0. The molecule has 0 saturated heterocycles. The number of carbonyl (C=O) groups is 1. The fourth-order valence-electron chi connectivity index (χ4n) is 1.98. The summed E-state index contributed by atoms with van der Waals surface area (Å²) >= 11 is 5.67. The summed E-state index contributed by atoms with van der Waals surface area (Å²) in [6.45, 7) is -0.0797. The third-order valence-corrected chi connectivity index (χ3v) is 3.51. The lowest BCUT2D eigenvalue weighted by molar-refractivity contribution is -0.394. The van der Waals surface area contributed by atoms with E-state index in [2.05, 4.69) is 0 Å². The van der Waals surface area contributed by atoms with Crippen molar-refractivity contribution in [2.75, 3.05) is 6.61 Å². The predicted molar refractivity (Wildman–Crippen MR) is 85.2 cm³/mol. The molecule has 2 rings (SSSR count). The van der Waals surface area contributed by atoms with Crippen LogP contribution in [-0.4, -0.2) is 22.4 Å². The third kappa shape index (κ3) is 4.05. The molecule has 0 aliphatic rings. The van der Waals surface area contributed by atoms with E-state index in [-0.39, 0.29) is 18.6 Å². The van der Waals surface area contributed by atoms with E-state index in [0.29, 0.717) is 5.56 Å². The van der Waals surface area contributed by atoms with Crippen LogP contribution in [0, 0.1) is 20.2 Å². The number of ether oxygens (including phenoxy) is 1. The average Bonchev–Trinajstić information content (AvgIpc) is 2.56. The zero-order valence-electron chi connectivity index (χ0n) is 12.2. The van der Waals surface area contributed by atoms with Gasteiger partial charge in [-0.25, -0.2) is 4.79 Å². The maximum atomic E-state index is 11.8. The van der Waals surface area contributed by atoms with Gasteiger partial charge in [-0.1, -0.05) is 29.8 Å². The first-order valence-electron chi connectivity index (χ1n) is 6.73. The van der Waals surface area contributed by atoms with Crippen LogP contribution in [-0.2, 0) is 11.2 Å². The Morgan fingerprint density at radius 1 is 1.04 bits per heavy atom. The molecule has 2 aromatic carbocycles. The maximum absolute atomic E-state index is 11.8. The fourth-order valence-corrected chi connectivity index (χ4v) is 2.23. The quantitative estimate of drug-likeness (QED) is 0.447. The van der Waals surface area contributed by atoms with E-state index < -0.39 is 32.2 Å². The van der Waals surface area contributed by atoms with Gasteiger partial charge in [0, 0.05) is 18.6 Å². The first-order valence-corrected chi connectivity index (χ1v) is 7.11. The van der Waals surface area contributed by atoms with Crippen molar-refractivity contribution >= 4 is 28.9 Å². The zero-order chi connectivity index (χ0) is 17.7. The van der Waals surface area contributed by atoms with Gasteiger partial charge >= 0.3 is 5.97 Å². The Hall–Kier alpha value is -3.00. The average molecular weight is 351 g/mol. The number of nitro benzene ring substituents is 2. The topological polar surface area (TPSA) is 113 Å². The maximum Gasteiger partial charge on any atom is 0.338 e. The lowest BCUT2D eigenvalue weighted by Crippen LogP contribution is -2.08. The SMILES string of the molecule is O=C(OCCc1cc([N+](=O)[O-])c(Cl)c([N+](=O)[O-])c1)c1ccccc1. The van der Waals surface area contributed by atoms with Crippen molar-refractivity contribution in [3.8, 4) is 0 Å². The first-order chi connectivity index (χ1) is 11.4. The number of hydrogen-bond donors (Lipinski definition) is 0. The van der Waals surface area contributed by atoms with E-state index >= 15 is 0 Å². The van der Waals surface area contributed by atoms with Crippen LogP contribution < -0.4 is 0 Å². The molecule has 0 spiro atoms. The highest BCUT2D eigenvalue weighted by molar-refractivity contribution is 6.34. The van der Waals surface area contributed by atoms with Gasteiger partial charge in [0.2, 0.25) is 0 Å². The molecule has 0 amide bonds. The number of carbonyl (C=O) groups excluding carboxylic acids is 1. The van der Waals surface area contributed by atoms with Crippen molar-refractivity contribution < 1.29 is 19.4 Å². The number of nitro groups is 2. The Kier molecular flexibility index (Phi) is 5.43. The van der Waals surface area contributed by atoms with Crippen LogP contribution in [0.3, 0.4) is 0 Å². The van der Waals surface area contributed by atoms with E-state index in [1.54, 1.807) is 30.3 Å². The van der Waals surface area contributed by atoms with E-state index in [0.717, 1.165) is 12.1 Å². The minimum absolute atomic E-state index is 0.0797. The van der Waals surface area contributed by atoms with Crippen LogP contribution in [0.1, 0.15) is 15.9 Å². The second-order valence-electron chi connectivity index (χ2n) is 4.71. The molecule has 0 saturated carbocycles. The van der Waals surface area contributed by atoms with Crippen molar-refractivity contribution in [1.29, 1.82) is 0 Å². The Morgan fingerprint density at radius 2 is 1.58 bits per heavy atom. The number of rotatable bonds is 6. The highest BCUT2D eigenvalue weighted by Gasteiger charge is 2.25. The molecule has 0 atom stereocenters. The van der Waals surface area contributed by atoms with Gasteiger partial charge in [0.1, 0.15) is 0 Å². The molecule has 0 aliphatic carbocycles. The van der Waals surface area contributed by atoms with E-state index in [9.17, 15) is 25.0 Å².